The van der Waals surface area contributed by atoms with Crippen LogP contribution < -0.4 is 5.32 Å². The fourth-order valence-corrected chi connectivity index (χ4v) is 2.39. The van der Waals surface area contributed by atoms with Gasteiger partial charge in [0.25, 0.3) is 5.69 Å². The molecule has 1 aromatic carbocycles. The summed E-state index contributed by atoms with van der Waals surface area (Å²) in [5, 5.41) is 18.1. The monoisotopic (exact) mass is 262 g/mol. The lowest BCUT2D eigenvalue weighted by Gasteiger charge is -2.08. The molecule has 94 valence electrons. The topological polar surface area (TPSA) is 55.2 Å². The van der Waals surface area contributed by atoms with E-state index >= 15 is 0 Å². The van der Waals surface area contributed by atoms with Gasteiger partial charge in [-0.25, -0.2) is 0 Å². The minimum absolute atomic E-state index is 0.124. The summed E-state index contributed by atoms with van der Waals surface area (Å²) in [6.07, 6.45) is 0.922. The average Bonchev–Trinajstić information content (AvgIpc) is 2.84. The Morgan fingerprint density at radius 2 is 2.22 bits per heavy atom. The maximum Gasteiger partial charge on any atom is 0.271 e. The summed E-state index contributed by atoms with van der Waals surface area (Å²) in [5.74, 6) is 0. The number of nitro groups is 1. The molecule has 0 spiro atoms. The number of nitro benzene ring substituents is 1. The molecule has 0 saturated heterocycles. The lowest BCUT2D eigenvalue weighted by atomic mass is 10.1. The summed E-state index contributed by atoms with van der Waals surface area (Å²) in [7, 11) is 0. The smallest absolute Gasteiger partial charge is 0.271 e. The van der Waals surface area contributed by atoms with E-state index in [-0.39, 0.29) is 10.6 Å². The molecule has 0 bridgehead atoms. The van der Waals surface area contributed by atoms with Crippen molar-refractivity contribution < 1.29 is 4.92 Å². The first kappa shape index (κ1) is 12.6. The second-order valence-corrected chi connectivity index (χ2v) is 4.84. The molecule has 1 heterocycles. The van der Waals surface area contributed by atoms with Gasteiger partial charge in [-0.05, 0) is 41.3 Å². The molecule has 0 aliphatic carbocycles. The molecule has 2 aromatic rings. The van der Waals surface area contributed by atoms with Gasteiger partial charge in [-0.15, -0.1) is 0 Å². The van der Waals surface area contributed by atoms with Crippen LogP contribution in [0.25, 0.3) is 0 Å². The van der Waals surface area contributed by atoms with E-state index in [1.54, 1.807) is 23.5 Å². The van der Waals surface area contributed by atoms with E-state index in [1.165, 1.54) is 11.6 Å². The van der Waals surface area contributed by atoms with Gasteiger partial charge in [0.1, 0.15) is 0 Å². The first-order valence-electron chi connectivity index (χ1n) is 5.67. The maximum absolute atomic E-state index is 10.7. The number of thiophene rings is 1. The Labute approximate surface area is 109 Å². The minimum atomic E-state index is -0.372. The van der Waals surface area contributed by atoms with E-state index in [4.69, 9.17) is 0 Å². The zero-order chi connectivity index (χ0) is 13.0. The van der Waals surface area contributed by atoms with Crippen LogP contribution in [0.5, 0.6) is 0 Å². The summed E-state index contributed by atoms with van der Waals surface area (Å²) in [6.45, 7) is 2.72. The maximum atomic E-state index is 10.7. The van der Waals surface area contributed by atoms with E-state index in [0.29, 0.717) is 0 Å². The zero-order valence-corrected chi connectivity index (χ0v) is 10.9. The lowest BCUT2D eigenvalue weighted by Crippen LogP contribution is -2.06. The quantitative estimate of drug-likeness (QED) is 0.661. The van der Waals surface area contributed by atoms with Crippen LogP contribution in [0.4, 0.5) is 11.4 Å². The molecule has 2 rings (SSSR count). The second kappa shape index (κ2) is 5.64. The molecular formula is C13H14N2O2S. The van der Waals surface area contributed by atoms with Crippen molar-refractivity contribution in [2.45, 2.75) is 13.3 Å². The summed E-state index contributed by atoms with van der Waals surface area (Å²) >= 11 is 1.68. The Balaban J connectivity index is 2.00. The van der Waals surface area contributed by atoms with Gasteiger partial charge >= 0.3 is 0 Å². The lowest BCUT2D eigenvalue weighted by molar-refractivity contribution is -0.384. The molecule has 0 amide bonds. The molecule has 0 atom stereocenters. The predicted molar refractivity (Wildman–Crippen MR) is 74.3 cm³/mol. The Bertz CT molecular complexity index is 538. The first-order chi connectivity index (χ1) is 8.66. The molecule has 5 heteroatoms. The number of nitrogens with one attached hydrogen (secondary N) is 1. The minimum Gasteiger partial charge on any atom is -0.384 e. The number of benzene rings is 1. The molecule has 0 unspecified atom stereocenters. The molecule has 0 aliphatic rings. The molecule has 4 nitrogen and oxygen atoms in total. The second-order valence-electron chi connectivity index (χ2n) is 4.06. The Hall–Kier alpha value is -1.88. The summed E-state index contributed by atoms with van der Waals surface area (Å²) in [5.41, 5.74) is 3.26. The average molecular weight is 262 g/mol. The van der Waals surface area contributed by atoms with Crippen molar-refractivity contribution in [3.63, 3.8) is 0 Å². The highest BCUT2D eigenvalue weighted by atomic mass is 32.1. The van der Waals surface area contributed by atoms with Crippen molar-refractivity contribution in [1.82, 2.24) is 0 Å². The number of hydrogen-bond acceptors (Lipinski definition) is 4. The van der Waals surface area contributed by atoms with Gasteiger partial charge in [0, 0.05) is 24.4 Å². The number of non-ortho nitro benzene ring substituents is 1. The van der Waals surface area contributed by atoms with Crippen LogP contribution in [-0.2, 0) is 6.42 Å². The first-order valence-corrected chi connectivity index (χ1v) is 6.61. The number of anilines is 1. The van der Waals surface area contributed by atoms with E-state index in [2.05, 4.69) is 16.8 Å². The number of nitrogens with zero attached hydrogens (tertiary/aromatic N) is 1. The summed E-state index contributed by atoms with van der Waals surface area (Å²) in [6, 6.07) is 6.97. The number of rotatable bonds is 5. The van der Waals surface area contributed by atoms with E-state index in [1.807, 2.05) is 12.3 Å². The van der Waals surface area contributed by atoms with Gasteiger partial charge in [0.05, 0.1) is 4.92 Å². The molecule has 0 aliphatic heterocycles. The highest BCUT2D eigenvalue weighted by molar-refractivity contribution is 7.07. The Morgan fingerprint density at radius 1 is 1.39 bits per heavy atom. The van der Waals surface area contributed by atoms with Gasteiger partial charge in [0.2, 0.25) is 0 Å². The normalized spacial score (nSPS) is 10.3. The van der Waals surface area contributed by atoms with Crippen LogP contribution in [0.3, 0.4) is 0 Å². The summed E-state index contributed by atoms with van der Waals surface area (Å²) in [4.78, 5) is 10.3. The molecule has 1 N–H and O–H groups in total. The van der Waals surface area contributed by atoms with Crippen LogP contribution in [0.1, 0.15) is 11.1 Å². The van der Waals surface area contributed by atoms with Crippen LogP contribution in [0.15, 0.2) is 35.0 Å². The molecular weight excluding hydrogens is 248 g/mol. The highest BCUT2D eigenvalue weighted by Gasteiger charge is 2.08. The number of aryl methyl sites for hydroxylation is 1. The van der Waals surface area contributed by atoms with Crippen molar-refractivity contribution in [1.29, 1.82) is 0 Å². The van der Waals surface area contributed by atoms with Crippen molar-refractivity contribution >= 4 is 22.7 Å². The van der Waals surface area contributed by atoms with Gasteiger partial charge < -0.3 is 5.32 Å². The third kappa shape index (κ3) is 3.07. The van der Waals surface area contributed by atoms with E-state index in [9.17, 15) is 10.1 Å². The van der Waals surface area contributed by atoms with Gasteiger partial charge in [-0.1, -0.05) is 6.07 Å². The molecule has 0 fully saturated rings. The predicted octanol–water partition coefficient (Wildman–Crippen LogP) is 3.62. The van der Waals surface area contributed by atoms with Gasteiger partial charge in [0.15, 0.2) is 0 Å². The molecule has 1 aromatic heterocycles. The van der Waals surface area contributed by atoms with Crippen molar-refractivity contribution in [2.24, 2.45) is 0 Å². The third-order valence-corrected chi connectivity index (χ3v) is 3.47. The van der Waals surface area contributed by atoms with Crippen LogP contribution in [0, 0.1) is 17.0 Å². The largest absolute Gasteiger partial charge is 0.384 e. The van der Waals surface area contributed by atoms with Crippen molar-refractivity contribution in [3.05, 3.63) is 56.3 Å². The standard InChI is InChI=1S/C13H14N2O2S/c1-10-2-3-12(15(16)17)8-13(10)14-6-4-11-5-7-18-9-11/h2-3,5,7-9,14H,4,6H2,1H3. The Morgan fingerprint density at radius 3 is 2.89 bits per heavy atom. The van der Waals surface area contributed by atoms with Crippen LogP contribution in [-0.4, -0.2) is 11.5 Å². The summed E-state index contributed by atoms with van der Waals surface area (Å²) < 4.78 is 0. The highest BCUT2D eigenvalue weighted by Crippen LogP contribution is 2.21. The van der Waals surface area contributed by atoms with Crippen molar-refractivity contribution in [3.8, 4) is 0 Å². The van der Waals surface area contributed by atoms with Gasteiger partial charge in [-0.3, -0.25) is 10.1 Å². The molecule has 18 heavy (non-hydrogen) atoms. The SMILES string of the molecule is Cc1ccc([N+](=O)[O-])cc1NCCc1ccsc1. The fourth-order valence-electron chi connectivity index (χ4n) is 1.69. The number of hydrogen-bond donors (Lipinski definition) is 1. The van der Waals surface area contributed by atoms with Crippen LogP contribution >= 0.6 is 11.3 Å². The Kier molecular flexibility index (Phi) is 3.94. The van der Waals surface area contributed by atoms with Crippen LogP contribution in [0.2, 0.25) is 0 Å². The van der Waals surface area contributed by atoms with Crippen molar-refractivity contribution in [2.75, 3.05) is 11.9 Å². The van der Waals surface area contributed by atoms with E-state index in [0.717, 1.165) is 24.2 Å². The molecule has 0 saturated carbocycles. The zero-order valence-electron chi connectivity index (χ0n) is 10.1. The van der Waals surface area contributed by atoms with E-state index < -0.39 is 0 Å². The van der Waals surface area contributed by atoms with Gasteiger partial charge in [-0.2, -0.15) is 11.3 Å². The third-order valence-electron chi connectivity index (χ3n) is 2.74. The molecule has 0 radical (unpaired) electrons. The fraction of sp³-hybridized carbons (Fsp3) is 0.231.